The second-order valence-electron chi connectivity index (χ2n) is 5.00. The Bertz CT molecular complexity index is 739. The SMILES string of the molecule is CC(CNC(=O)Nc1cccnc1)c1nc2ccccc2s1. The average molecular weight is 312 g/mol. The van der Waals surface area contributed by atoms with Gasteiger partial charge in [-0.15, -0.1) is 11.3 Å². The van der Waals surface area contributed by atoms with E-state index in [0.29, 0.717) is 12.2 Å². The summed E-state index contributed by atoms with van der Waals surface area (Å²) in [6.45, 7) is 2.59. The lowest BCUT2D eigenvalue weighted by molar-refractivity contribution is 0.251. The molecule has 3 rings (SSSR count). The second-order valence-corrected chi connectivity index (χ2v) is 6.06. The molecule has 3 aromatic rings. The van der Waals surface area contributed by atoms with Crippen molar-refractivity contribution in [1.82, 2.24) is 15.3 Å². The fourth-order valence-corrected chi connectivity index (χ4v) is 3.06. The highest BCUT2D eigenvalue weighted by atomic mass is 32.1. The van der Waals surface area contributed by atoms with E-state index < -0.39 is 0 Å². The van der Waals surface area contributed by atoms with Crippen molar-refractivity contribution in [1.29, 1.82) is 0 Å². The van der Waals surface area contributed by atoms with Gasteiger partial charge in [-0.05, 0) is 24.3 Å². The highest BCUT2D eigenvalue weighted by Gasteiger charge is 2.12. The van der Waals surface area contributed by atoms with Gasteiger partial charge in [0.15, 0.2) is 0 Å². The van der Waals surface area contributed by atoms with Crippen LogP contribution in [0.15, 0.2) is 48.8 Å². The van der Waals surface area contributed by atoms with Crippen LogP contribution < -0.4 is 10.6 Å². The topological polar surface area (TPSA) is 66.9 Å². The molecule has 0 aliphatic rings. The smallest absolute Gasteiger partial charge is 0.319 e. The van der Waals surface area contributed by atoms with E-state index in [0.717, 1.165) is 10.5 Å². The second kappa shape index (κ2) is 6.53. The molecule has 0 bridgehead atoms. The van der Waals surface area contributed by atoms with Crippen molar-refractivity contribution < 1.29 is 4.79 Å². The summed E-state index contributed by atoms with van der Waals surface area (Å²) in [5.41, 5.74) is 1.68. The van der Waals surface area contributed by atoms with Gasteiger partial charge in [-0.3, -0.25) is 4.98 Å². The minimum atomic E-state index is -0.235. The summed E-state index contributed by atoms with van der Waals surface area (Å²) >= 11 is 1.67. The molecule has 1 aromatic carbocycles. The van der Waals surface area contributed by atoms with E-state index in [-0.39, 0.29) is 11.9 Å². The number of rotatable bonds is 4. The summed E-state index contributed by atoms with van der Waals surface area (Å²) in [7, 11) is 0. The number of carbonyl (C=O) groups excluding carboxylic acids is 1. The fourth-order valence-electron chi connectivity index (χ4n) is 2.05. The Kier molecular flexibility index (Phi) is 4.29. The maximum absolute atomic E-state index is 11.9. The first-order chi connectivity index (χ1) is 10.7. The van der Waals surface area contributed by atoms with Crippen molar-refractivity contribution in [2.24, 2.45) is 0 Å². The van der Waals surface area contributed by atoms with E-state index >= 15 is 0 Å². The van der Waals surface area contributed by atoms with Gasteiger partial charge in [-0.1, -0.05) is 19.1 Å². The van der Waals surface area contributed by atoms with Crippen molar-refractivity contribution >= 4 is 33.3 Å². The lowest BCUT2D eigenvalue weighted by Gasteiger charge is -2.11. The van der Waals surface area contributed by atoms with Crippen LogP contribution in [0.3, 0.4) is 0 Å². The minimum Gasteiger partial charge on any atom is -0.337 e. The molecule has 5 nitrogen and oxygen atoms in total. The van der Waals surface area contributed by atoms with Crippen molar-refractivity contribution in [3.8, 4) is 0 Å². The van der Waals surface area contributed by atoms with E-state index in [1.807, 2.05) is 18.2 Å². The van der Waals surface area contributed by atoms with Gasteiger partial charge in [0.1, 0.15) is 0 Å². The lowest BCUT2D eigenvalue weighted by Crippen LogP contribution is -2.31. The lowest BCUT2D eigenvalue weighted by atomic mass is 10.2. The molecule has 0 aliphatic carbocycles. The Morgan fingerprint density at radius 2 is 2.14 bits per heavy atom. The van der Waals surface area contributed by atoms with Gasteiger partial charge in [0, 0.05) is 18.7 Å². The van der Waals surface area contributed by atoms with E-state index in [4.69, 9.17) is 0 Å². The molecule has 0 saturated heterocycles. The quantitative estimate of drug-likeness (QED) is 0.773. The molecule has 2 amide bonds. The molecule has 2 N–H and O–H groups in total. The molecule has 0 saturated carbocycles. The van der Waals surface area contributed by atoms with Gasteiger partial charge in [-0.25, -0.2) is 9.78 Å². The number of carbonyl (C=O) groups is 1. The zero-order valence-electron chi connectivity index (χ0n) is 12.1. The molecule has 1 unspecified atom stereocenters. The summed E-state index contributed by atoms with van der Waals surface area (Å²) in [6, 6.07) is 11.4. The first-order valence-corrected chi connectivity index (χ1v) is 7.84. The first-order valence-electron chi connectivity index (χ1n) is 7.03. The summed E-state index contributed by atoms with van der Waals surface area (Å²) in [6.07, 6.45) is 3.27. The predicted molar refractivity (Wildman–Crippen MR) is 89.3 cm³/mol. The van der Waals surface area contributed by atoms with Crippen molar-refractivity contribution in [3.05, 3.63) is 53.8 Å². The van der Waals surface area contributed by atoms with Crippen molar-refractivity contribution in [3.63, 3.8) is 0 Å². The highest BCUT2D eigenvalue weighted by Crippen LogP contribution is 2.26. The Morgan fingerprint density at radius 3 is 2.91 bits per heavy atom. The number of para-hydroxylation sites is 1. The average Bonchev–Trinajstić information content (AvgIpc) is 2.98. The van der Waals surface area contributed by atoms with Crippen LogP contribution in [0.4, 0.5) is 10.5 Å². The summed E-state index contributed by atoms with van der Waals surface area (Å²) in [5.74, 6) is 0.164. The number of aromatic nitrogens is 2. The van der Waals surface area contributed by atoms with Crippen molar-refractivity contribution in [2.75, 3.05) is 11.9 Å². The monoisotopic (exact) mass is 312 g/mol. The van der Waals surface area contributed by atoms with Crippen molar-refractivity contribution in [2.45, 2.75) is 12.8 Å². The van der Waals surface area contributed by atoms with Gasteiger partial charge < -0.3 is 10.6 Å². The number of pyridine rings is 1. The zero-order chi connectivity index (χ0) is 15.4. The molecule has 2 aromatic heterocycles. The number of amides is 2. The summed E-state index contributed by atoms with van der Waals surface area (Å²) < 4.78 is 1.17. The number of thiazole rings is 1. The van der Waals surface area contributed by atoms with Gasteiger partial charge >= 0.3 is 6.03 Å². The first kappa shape index (κ1) is 14.5. The third kappa shape index (κ3) is 3.40. The molecule has 0 fully saturated rings. The van der Waals surface area contributed by atoms with E-state index in [1.54, 1.807) is 35.9 Å². The maximum Gasteiger partial charge on any atom is 0.319 e. The van der Waals surface area contributed by atoms with Crippen LogP contribution >= 0.6 is 11.3 Å². The number of urea groups is 1. The molecule has 0 radical (unpaired) electrons. The van der Waals surface area contributed by atoms with Crippen LogP contribution in [0.2, 0.25) is 0 Å². The summed E-state index contributed by atoms with van der Waals surface area (Å²) in [5, 5.41) is 6.64. The number of nitrogens with zero attached hydrogens (tertiary/aromatic N) is 2. The molecule has 2 heterocycles. The molecule has 1 atom stereocenters. The Balaban J connectivity index is 1.57. The Labute approximate surface area is 132 Å². The van der Waals surface area contributed by atoms with Crippen LogP contribution in [-0.4, -0.2) is 22.5 Å². The number of benzene rings is 1. The Morgan fingerprint density at radius 1 is 1.27 bits per heavy atom. The number of fused-ring (bicyclic) bond motifs is 1. The third-order valence-corrected chi connectivity index (χ3v) is 4.49. The largest absolute Gasteiger partial charge is 0.337 e. The van der Waals surface area contributed by atoms with Gasteiger partial charge in [0.25, 0.3) is 0 Å². The van der Waals surface area contributed by atoms with Gasteiger partial charge in [0.2, 0.25) is 0 Å². The molecular formula is C16H16N4OS. The minimum absolute atomic E-state index is 0.164. The number of hydrogen-bond donors (Lipinski definition) is 2. The molecular weight excluding hydrogens is 296 g/mol. The highest BCUT2D eigenvalue weighted by molar-refractivity contribution is 7.18. The maximum atomic E-state index is 11.9. The van der Waals surface area contributed by atoms with Gasteiger partial charge in [-0.2, -0.15) is 0 Å². The Hall–Kier alpha value is -2.47. The van der Waals surface area contributed by atoms with Crippen LogP contribution in [0, 0.1) is 0 Å². The standard InChI is InChI=1S/C16H16N4OS/c1-11(15-20-13-6-2-3-7-14(13)22-15)9-18-16(21)19-12-5-4-8-17-10-12/h2-8,10-11H,9H2,1H3,(H2,18,19,21). The molecule has 0 aliphatic heterocycles. The van der Waals surface area contributed by atoms with Crippen LogP contribution in [0.5, 0.6) is 0 Å². The fraction of sp³-hybridized carbons (Fsp3) is 0.188. The van der Waals surface area contributed by atoms with Crippen LogP contribution in [0.25, 0.3) is 10.2 Å². The zero-order valence-corrected chi connectivity index (χ0v) is 12.9. The number of anilines is 1. The molecule has 0 spiro atoms. The van der Waals surface area contributed by atoms with E-state index in [9.17, 15) is 4.79 Å². The van der Waals surface area contributed by atoms with Crippen LogP contribution in [0.1, 0.15) is 17.8 Å². The third-order valence-electron chi connectivity index (χ3n) is 3.22. The predicted octanol–water partition coefficient (Wildman–Crippen LogP) is 3.62. The number of nitrogens with one attached hydrogen (secondary N) is 2. The van der Waals surface area contributed by atoms with Gasteiger partial charge in [0.05, 0.1) is 27.1 Å². The van der Waals surface area contributed by atoms with E-state index in [1.165, 1.54) is 4.70 Å². The van der Waals surface area contributed by atoms with E-state index in [2.05, 4.69) is 33.6 Å². The molecule has 112 valence electrons. The molecule has 6 heteroatoms. The number of hydrogen-bond acceptors (Lipinski definition) is 4. The van der Waals surface area contributed by atoms with Crippen LogP contribution in [-0.2, 0) is 0 Å². The normalized spacial score (nSPS) is 12.0. The summed E-state index contributed by atoms with van der Waals surface area (Å²) in [4.78, 5) is 20.4. The molecule has 22 heavy (non-hydrogen) atoms.